The molecule has 0 unspecified atom stereocenters. The van der Waals surface area contributed by atoms with Crippen LogP contribution in [0.15, 0.2) is 22.1 Å². The minimum absolute atomic E-state index is 0.120. The van der Waals surface area contributed by atoms with E-state index in [1.165, 1.54) is 12.4 Å². The Balaban J connectivity index is 1.85. The van der Waals surface area contributed by atoms with Gasteiger partial charge in [0.1, 0.15) is 11.5 Å². The fourth-order valence-electron chi connectivity index (χ4n) is 7.95. The second-order valence-electron chi connectivity index (χ2n) is 15.9. The van der Waals surface area contributed by atoms with Crippen LogP contribution in [-0.2, 0) is 9.59 Å². The third-order valence-electron chi connectivity index (χ3n) is 10.8. The Bertz CT molecular complexity index is 2050. The van der Waals surface area contributed by atoms with Gasteiger partial charge in [0.25, 0.3) is 0 Å². The fraction of sp³-hybridized carbons (Fsp3) is 0.478. The number of benzene rings is 4. The highest BCUT2D eigenvalue weighted by Gasteiger charge is 2.29. The standard InChI is InChI=1S/C46H60N2O10/c1-25(2)35-29-21-27(5)37(43(55)39(29)31(41(53)45(35)57)23-47-19-15-11-7-9-13-17-33(49)50)38-28(6)22-30-36(26(3)4)46(58)42(54)32(40(30)44(38)56)24-48-20-16-12-8-10-14-18-34(51)52/h21-26,53-58H,7-20H2,1-6H3,(H,49,50)(H,51,52). The van der Waals surface area contributed by atoms with Crippen molar-refractivity contribution in [2.45, 2.75) is 130 Å². The molecule has 0 spiro atoms. The summed E-state index contributed by atoms with van der Waals surface area (Å²) in [5.74, 6) is -4.07. The van der Waals surface area contributed by atoms with Crippen LogP contribution in [0.3, 0.4) is 0 Å². The molecule has 0 radical (unpaired) electrons. The van der Waals surface area contributed by atoms with Crippen LogP contribution >= 0.6 is 0 Å². The number of rotatable bonds is 21. The van der Waals surface area contributed by atoms with Crippen molar-refractivity contribution in [2.75, 3.05) is 13.1 Å². The van der Waals surface area contributed by atoms with E-state index in [4.69, 9.17) is 10.2 Å². The zero-order chi connectivity index (χ0) is 42.8. The van der Waals surface area contributed by atoms with E-state index in [0.717, 1.165) is 51.4 Å². The number of aryl methyl sites for hydroxylation is 2. The summed E-state index contributed by atoms with van der Waals surface area (Å²) >= 11 is 0. The van der Waals surface area contributed by atoms with Gasteiger partial charge in [0.2, 0.25) is 0 Å². The lowest BCUT2D eigenvalue weighted by molar-refractivity contribution is -0.138. The predicted octanol–water partition coefficient (Wildman–Crippen LogP) is 10.4. The van der Waals surface area contributed by atoms with Crippen LogP contribution in [0.4, 0.5) is 0 Å². The predicted molar refractivity (Wildman–Crippen MR) is 230 cm³/mol. The molecule has 0 fully saturated rings. The monoisotopic (exact) mass is 800 g/mol. The third kappa shape index (κ3) is 10.1. The number of aliphatic imine (C=N–C) groups is 2. The van der Waals surface area contributed by atoms with E-state index in [1.807, 2.05) is 39.8 Å². The van der Waals surface area contributed by atoms with Gasteiger partial charge in [0, 0.05) is 82.5 Å². The second-order valence-corrected chi connectivity index (χ2v) is 15.9. The van der Waals surface area contributed by atoms with Gasteiger partial charge in [-0.2, -0.15) is 0 Å². The number of fused-ring (bicyclic) bond motifs is 2. The van der Waals surface area contributed by atoms with E-state index >= 15 is 0 Å². The van der Waals surface area contributed by atoms with Crippen molar-refractivity contribution in [1.29, 1.82) is 0 Å². The molecule has 0 aliphatic rings. The molecule has 0 aliphatic heterocycles. The molecule has 0 aromatic heterocycles. The second kappa shape index (κ2) is 20.3. The van der Waals surface area contributed by atoms with E-state index < -0.39 is 23.4 Å². The first-order chi connectivity index (χ1) is 27.5. The minimum atomic E-state index is -0.808. The highest BCUT2D eigenvalue weighted by molar-refractivity contribution is 6.15. The maximum Gasteiger partial charge on any atom is 0.303 e. The van der Waals surface area contributed by atoms with Crippen molar-refractivity contribution >= 4 is 45.9 Å². The Morgan fingerprint density at radius 1 is 0.517 bits per heavy atom. The van der Waals surface area contributed by atoms with Crippen molar-refractivity contribution < 1.29 is 50.4 Å². The van der Waals surface area contributed by atoms with Crippen molar-refractivity contribution in [1.82, 2.24) is 0 Å². The molecule has 314 valence electrons. The van der Waals surface area contributed by atoms with Crippen LogP contribution in [0.5, 0.6) is 34.5 Å². The lowest BCUT2D eigenvalue weighted by Crippen LogP contribution is -2.01. The quantitative estimate of drug-likeness (QED) is 0.0226. The molecule has 0 aliphatic carbocycles. The summed E-state index contributed by atoms with van der Waals surface area (Å²) in [6.07, 6.45) is 10.8. The summed E-state index contributed by atoms with van der Waals surface area (Å²) in [6.45, 7) is 11.9. The van der Waals surface area contributed by atoms with Gasteiger partial charge >= 0.3 is 11.9 Å². The molecule has 0 heterocycles. The molecule has 12 nitrogen and oxygen atoms in total. The van der Waals surface area contributed by atoms with Crippen LogP contribution in [0.1, 0.15) is 150 Å². The summed E-state index contributed by atoms with van der Waals surface area (Å²) in [6, 6.07) is 3.63. The number of unbranched alkanes of at least 4 members (excludes halogenated alkanes) is 8. The summed E-state index contributed by atoms with van der Waals surface area (Å²) in [4.78, 5) is 30.7. The number of carboxylic acids is 2. The molecule has 0 atom stereocenters. The largest absolute Gasteiger partial charge is 0.507 e. The number of phenolic OH excluding ortho intramolecular Hbond substituents is 6. The first kappa shape index (κ1) is 45.2. The number of hydrogen-bond donors (Lipinski definition) is 8. The lowest BCUT2D eigenvalue weighted by atomic mass is 9.83. The van der Waals surface area contributed by atoms with Crippen LogP contribution in [0.2, 0.25) is 0 Å². The molecule has 58 heavy (non-hydrogen) atoms. The number of aliphatic carboxylic acids is 2. The topological polar surface area (TPSA) is 221 Å². The molecular formula is C46H60N2O10. The molecule has 4 aromatic rings. The van der Waals surface area contributed by atoms with E-state index in [1.54, 1.807) is 13.8 Å². The first-order valence-corrected chi connectivity index (χ1v) is 20.4. The Hall–Kier alpha value is -5.52. The SMILES string of the molecule is Cc1cc2c(C(C)C)c(O)c(O)c(C=NCCCCCCCC(=O)O)c2c(O)c1-c1c(C)cc2c(C(C)C)c(O)c(O)c(C=NCCCCCCCC(=O)O)c2c1O. The summed E-state index contributed by atoms with van der Waals surface area (Å²) in [5, 5.41) is 89.2. The van der Waals surface area contributed by atoms with E-state index in [-0.39, 0.29) is 80.7 Å². The van der Waals surface area contributed by atoms with Crippen LogP contribution < -0.4 is 0 Å². The molecule has 0 saturated heterocycles. The van der Waals surface area contributed by atoms with Gasteiger partial charge in [0.05, 0.1) is 0 Å². The Morgan fingerprint density at radius 2 is 0.845 bits per heavy atom. The molecule has 4 rings (SSSR count). The number of nitrogens with zero attached hydrogens (tertiary/aromatic N) is 2. The first-order valence-electron chi connectivity index (χ1n) is 20.4. The average Bonchev–Trinajstić information content (AvgIpc) is 3.14. The zero-order valence-electron chi connectivity index (χ0n) is 34.7. The molecular weight excluding hydrogens is 741 g/mol. The fourth-order valence-corrected chi connectivity index (χ4v) is 7.95. The van der Waals surface area contributed by atoms with Gasteiger partial charge in [-0.05, 0) is 73.3 Å². The molecule has 0 saturated carbocycles. The molecule has 8 N–H and O–H groups in total. The highest BCUT2D eigenvalue weighted by Crippen LogP contribution is 2.54. The normalized spacial score (nSPS) is 12.1. The number of carboxylic acid groups (broad SMARTS) is 2. The summed E-state index contributed by atoms with van der Waals surface area (Å²) in [5.41, 5.74) is 2.84. The smallest absolute Gasteiger partial charge is 0.303 e. The van der Waals surface area contributed by atoms with Crippen LogP contribution in [-0.4, -0.2) is 78.3 Å². The molecule has 12 heteroatoms. The van der Waals surface area contributed by atoms with E-state index in [0.29, 0.717) is 59.0 Å². The van der Waals surface area contributed by atoms with Gasteiger partial charge in [-0.15, -0.1) is 0 Å². The maximum atomic E-state index is 12.3. The molecule has 4 aromatic carbocycles. The Kier molecular flexibility index (Phi) is 15.8. The Labute approximate surface area is 340 Å². The highest BCUT2D eigenvalue weighted by atomic mass is 16.4. The van der Waals surface area contributed by atoms with Crippen molar-refractivity contribution in [3.8, 4) is 45.6 Å². The number of hydrogen-bond acceptors (Lipinski definition) is 10. The van der Waals surface area contributed by atoms with Crippen molar-refractivity contribution in [3.63, 3.8) is 0 Å². The van der Waals surface area contributed by atoms with Gasteiger partial charge in [-0.3, -0.25) is 19.6 Å². The van der Waals surface area contributed by atoms with E-state index in [9.17, 15) is 40.2 Å². The van der Waals surface area contributed by atoms with Gasteiger partial charge in [-0.1, -0.05) is 78.4 Å². The van der Waals surface area contributed by atoms with Crippen LogP contribution in [0.25, 0.3) is 32.7 Å². The zero-order valence-corrected chi connectivity index (χ0v) is 34.7. The van der Waals surface area contributed by atoms with Crippen molar-refractivity contribution in [2.24, 2.45) is 9.98 Å². The lowest BCUT2D eigenvalue weighted by Gasteiger charge is -2.23. The average molecular weight is 801 g/mol. The van der Waals surface area contributed by atoms with Crippen LogP contribution in [0, 0.1) is 13.8 Å². The van der Waals surface area contributed by atoms with E-state index in [2.05, 4.69) is 9.98 Å². The maximum absolute atomic E-state index is 12.3. The van der Waals surface area contributed by atoms with Gasteiger partial charge in [-0.25, -0.2) is 0 Å². The molecule has 0 amide bonds. The number of carbonyl (C=O) groups is 2. The summed E-state index contributed by atoms with van der Waals surface area (Å²) in [7, 11) is 0. The number of aromatic hydroxyl groups is 6. The minimum Gasteiger partial charge on any atom is -0.507 e. The van der Waals surface area contributed by atoms with Gasteiger partial charge < -0.3 is 40.9 Å². The Morgan fingerprint density at radius 3 is 1.17 bits per heavy atom. The number of phenols is 6. The molecule has 0 bridgehead atoms. The van der Waals surface area contributed by atoms with Gasteiger partial charge in [0.15, 0.2) is 23.0 Å². The van der Waals surface area contributed by atoms with Crippen molar-refractivity contribution in [3.05, 3.63) is 45.5 Å². The third-order valence-corrected chi connectivity index (χ3v) is 10.8. The summed E-state index contributed by atoms with van der Waals surface area (Å²) < 4.78 is 0.